The SMILES string of the molecule is O=C(/C=C/c1ccc(OCc2ccccc2)cc1)NCCc1ccccc1. The van der Waals surface area contributed by atoms with E-state index in [9.17, 15) is 4.79 Å². The van der Waals surface area contributed by atoms with Gasteiger partial charge in [-0.2, -0.15) is 0 Å². The number of rotatable bonds is 8. The molecule has 136 valence electrons. The van der Waals surface area contributed by atoms with E-state index in [0.717, 1.165) is 23.3 Å². The first-order chi connectivity index (χ1) is 13.3. The Labute approximate surface area is 160 Å². The zero-order chi connectivity index (χ0) is 18.7. The van der Waals surface area contributed by atoms with Gasteiger partial charge in [0, 0.05) is 12.6 Å². The molecule has 3 rings (SSSR count). The number of amides is 1. The fourth-order valence-corrected chi connectivity index (χ4v) is 2.62. The summed E-state index contributed by atoms with van der Waals surface area (Å²) in [6, 6.07) is 27.9. The van der Waals surface area contributed by atoms with Crippen LogP contribution < -0.4 is 10.1 Å². The largest absolute Gasteiger partial charge is 0.489 e. The molecular formula is C24H23NO2. The van der Waals surface area contributed by atoms with Gasteiger partial charge in [-0.15, -0.1) is 0 Å². The number of carbonyl (C=O) groups is 1. The van der Waals surface area contributed by atoms with Crippen molar-refractivity contribution in [2.45, 2.75) is 13.0 Å². The van der Waals surface area contributed by atoms with Gasteiger partial charge in [-0.3, -0.25) is 4.79 Å². The average molecular weight is 357 g/mol. The number of benzene rings is 3. The Balaban J connectivity index is 1.42. The molecule has 3 aromatic rings. The second kappa shape index (κ2) is 9.97. The number of nitrogens with one attached hydrogen (secondary N) is 1. The first-order valence-electron chi connectivity index (χ1n) is 9.06. The third kappa shape index (κ3) is 6.48. The Morgan fingerprint density at radius 2 is 1.44 bits per heavy atom. The summed E-state index contributed by atoms with van der Waals surface area (Å²) in [5.41, 5.74) is 3.31. The zero-order valence-corrected chi connectivity index (χ0v) is 15.2. The number of hydrogen-bond acceptors (Lipinski definition) is 2. The van der Waals surface area contributed by atoms with Crippen LogP contribution in [0.25, 0.3) is 6.08 Å². The molecule has 0 aliphatic heterocycles. The topological polar surface area (TPSA) is 38.3 Å². The van der Waals surface area contributed by atoms with E-state index in [1.807, 2.05) is 72.8 Å². The van der Waals surface area contributed by atoms with E-state index < -0.39 is 0 Å². The Morgan fingerprint density at radius 1 is 0.815 bits per heavy atom. The number of carbonyl (C=O) groups excluding carboxylic acids is 1. The molecule has 0 saturated carbocycles. The minimum absolute atomic E-state index is 0.0877. The molecule has 3 nitrogen and oxygen atoms in total. The normalized spacial score (nSPS) is 10.7. The van der Waals surface area contributed by atoms with Crippen LogP contribution >= 0.6 is 0 Å². The van der Waals surface area contributed by atoms with Gasteiger partial charge in [-0.1, -0.05) is 72.8 Å². The van der Waals surface area contributed by atoms with Gasteiger partial charge in [0.1, 0.15) is 12.4 Å². The lowest BCUT2D eigenvalue weighted by atomic mass is 10.1. The molecule has 3 heteroatoms. The summed E-state index contributed by atoms with van der Waals surface area (Å²) >= 11 is 0. The van der Waals surface area contributed by atoms with Gasteiger partial charge in [-0.05, 0) is 41.3 Å². The van der Waals surface area contributed by atoms with Crippen molar-refractivity contribution in [1.82, 2.24) is 5.32 Å². The minimum Gasteiger partial charge on any atom is -0.489 e. The Bertz CT molecular complexity index is 856. The summed E-state index contributed by atoms with van der Waals surface area (Å²) in [6.45, 7) is 1.17. The standard InChI is InChI=1S/C24H23NO2/c26-24(25-18-17-20-7-3-1-4-8-20)16-13-21-11-14-23(15-12-21)27-19-22-9-5-2-6-10-22/h1-16H,17-19H2,(H,25,26)/b16-13+. The lowest BCUT2D eigenvalue weighted by Crippen LogP contribution is -2.23. The van der Waals surface area contributed by atoms with Crippen molar-refractivity contribution < 1.29 is 9.53 Å². The maximum Gasteiger partial charge on any atom is 0.244 e. The van der Waals surface area contributed by atoms with Gasteiger partial charge >= 0.3 is 0 Å². The van der Waals surface area contributed by atoms with Crippen molar-refractivity contribution in [3.05, 3.63) is 108 Å². The lowest BCUT2D eigenvalue weighted by Gasteiger charge is -2.06. The van der Waals surface area contributed by atoms with Crippen molar-refractivity contribution >= 4 is 12.0 Å². The van der Waals surface area contributed by atoms with Gasteiger partial charge in [-0.25, -0.2) is 0 Å². The smallest absolute Gasteiger partial charge is 0.244 e. The van der Waals surface area contributed by atoms with E-state index in [1.165, 1.54) is 5.56 Å². The predicted molar refractivity (Wildman–Crippen MR) is 109 cm³/mol. The molecule has 0 heterocycles. The summed E-state index contributed by atoms with van der Waals surface area (Å²) in [5.74, 6) is 0.721. The molecule has 0 bridgehead atoms. The fraction of sp³-hybridized carbons (Fsp3) is 0.125. The molecular weight excluding hydrogens is 334 g/mol. The molecule has 0 spiro atoms. The van der Waals surface area contributed by atoms with E-state index in [1.54, 1.807) is 12.2 Å². The number of ether oxygens (including phenoxy) is 1. The van der Waals surface area contributed by atoms with Crippen molar-refractivity contribution in [2.75, 3.05) is 6.54 Å². The molecule has 0 fully saturated rings. The first-order valence-corrected chi connectivity index (χ1v) is 9.06. The quantitative estimate of drug-likeness (QED) is 0.597. The van der Waals surface area contributed by atoms with Crippen molar-refractivity contribution in [2.24, 2.45) is 0 Å². The highest BCUT2D eigenvalue weighted by atomic mass is 16.5. The van der Waals surface area contributed by atoms with E-state index in [2.05, 4.69) is 17.4 Å². The van der Waals surface area contributed by atoms with Crippen LogP contribution in [0.5, 0.6) is 5.75 Å². The van der Waals surface area contributed by atoms with Crippen LogP contribution in [-0.2, 0) is 17.8 Å². The summed E-state index contributed by atoms with van der Waals surface area (Å²) in [5, 5.41) is 2.90. The molecule has 0 saturated heterocycles. The molecule has 1 amide bonds. The Morgan fingerprint density at radius 3 is 2.11 bits per heavy atom. The van der Waals surface area contributed by atoms with Crippen LogP contribution in [0.1, 0.15) is 16.7 Å². The average Bonchev–Trinajstić information content (AvgIpc) is 2.73. The van der Waals surface area contributed by atoms with E-state index in [0.29, 0.717) is 13.2 Å². The van der Waals surface area contributed by atoms with E-state index in [-0.39, 0.29) is 5.91 Å². The highest BCUT2D eigenvalue weighted by Crippen LogP contribution is 2.15. The molecule has 3 aromatic carbocycles. The van der Waals surface area contributed by atoms with Crippen LogP contribution in [0.2, 0.25) is 0 Å². The first kappa shape index (κ1) is 18.5. The Kier molecular flexibility index (Phi) is 6.82. The lowest BCUT2D eigenvalue weighted by molar-refractivity contribution is -0.116. The maximum atomic E-state index is 11.9. The molecule has 27 heavy (non-hydrogen) atoms. The highest BCUT2D eigenvalue weighted by Gasteiger charge is 1.98. The maximum absolute atomic E-state index is 11.9. The van der Waals surface area contributed by atoms with Crippen LogP contribution in [0.4, 0.5) is 0 Å². The minimum atomic E-state index is -0.0877. The Hall–Kier alpha value is -3.33. The van der Waals surface area contributed by atoms with Gasteiger partial charge in [0.15, 0.2) is 0 Å². The van der Waals surface area contributed by atoms with Crippen molar-refractivity contribution in [3.8, 4) is 5.75 Å². The number of hydrogen-bond donors (Lipinski definition) is 1. The van der Waals surface area contributed by atoms with Gasteiger partial charge in [0.25, 0.3) is 0 Å². The van der Waals surface area contributed by atoms with Crippen molar-refractivity contribution in [1.29, 1.82) is 0 Å². The highest BCUT2D eigenvalue weighted by molar-refractivity contribution is 5.91. The van der Waals surface area contributed by atoms with Crippen LogP contribution in [0.15, 0.2) is 91.0 Å². The van der Waals surface area contributed by atoms with E-state index >= 15 is 0 Å². The third-order valence-electron chi connectivity index (χ3n) is 4.11. The van der Waals surface area contributed by atoms with Crippen LogP contribution in [0.3, 0.4) is 0 Å². The fourth-order valence-electron chi connectivity index (χ4n) is 2.62. The molecule has 0 aliphatic carbocycles. The van der Waals surface area contributed by atoms with Gasteiger partial charge < -0.3 is 10.1 Å². The molecule has 0 unspecified atom stereocenters. The van der Waals surface area contributed by atoms with Crippen LogP contribution in [0, 0.1) is 0 Å². The monoisotopic (exact) mass is 357 g/mol. The molecule has 0 atom stereocenters. The second-order valence-corrected chi connectivity index (χ2v) is 6.20. The van der Waals surface area contributed by atoms with Gasteiger partial charge in [0.05, 0.1) is 0 Å². The second-order valence-electron chi connectivity index (χ2n) is 6.20. The van der Waals surface area contributed by atoms with E-state index in [4.69, 9.17) is 4.74 Å². The van der Waals surface area contributed by atoms with Gasteiger partial charge in [0.2, 0.25) is 5.91 Å². The molecule has 1 N–H and O–H groups in total. The summed E-state index contributed by atoms with van der Waals surface area (Å²) in [6.07, 6.45) is 4.19. The molecule has 0 aliphatic rings. The summed E-state index contributed by atoms with van der Waals surface area (Å²) < 4.78 is 5.76. The van der Waals surface area contributed by atoms with Crippen LogP contribution in [-0.4, -0.2) is 12.5 Å². The summed E-state index contributed by atoms with van der Waals surface area (Å²) in [7, 11) is 0. The summed E-state index contributed by atoms with van der Waals surface area (Å²) in [4.78, 5) is 11.9. The molecule has 0 radical (unpaired) electrons. The van der Waals surface area contributed by atoms with Crippen molar-refractivity contribution in [3.63, 3.8) is 0 Å². The molecule has 0 aromatic heterocycles. The third-order valence-corrected chi connectivity index (χ3v) is 4.11. The predicted octanol–water partition coefficient (Wildman–Crippen LogP) is 4.64. The zero-order valence-electron chi connectivity index (χ0n) is 15.2.